The van der Waals surface area contributed by atoms with Crippen molar-refractivity contribution in [2.45, 2.75) is 26.2 Å². The molecule has 72 valence electrons. The van der Waals surface area contributed by atoms with E-state index in [2.05, 4.69) is 50.5 Å². The van der Waals surface area contributed by atoms with Crippen LogP contribution in [-0.4, -0.2) is 9.97 Å². The van der Waals surface area contributed by atoms with Gasteiger partial charge in [-0.25, -0.2) is 4.98 Å². The molecule has 0 bridgehead atoms. The van der Waals surface area contributed by atoms with Gasteiger partial charge in [-0.1, -0.05) is 27.4 Å². The fraction of sp³-hybridized carbons (Fsp3) is 0.364. The standard InChI is InChI=1S/C9H14N2.C2H4/c1-5-7-8(9(2,3)4)11-6-10-7;1-2/h5-6H,1H2,2-4H3,(H,10,11);1-2H2. The number of hydrogen-bond acceptors (Lipinski definition) is 1. The van der Waals surface area contributed by atoms with Crippen LogP contribution in [-0.2, 0) is 5.41 Å². The Hall–Kier alpha value is -1.31. The van der Waals surface area contributed by atoms with Gasteiger partial charge in [0.25, 0.3) is 0 Å². The number of hydrogen-bond donors (Lipinski definition) is 1. The molecule has 0 atom stereocenters. The van der Waals surface area contributed by atoms with Crippen LogP contribution in [0.15, 0.2) is 26.1 Å². The van der Waals surface area contributed by atoms with Gasteiger partial charge in [0, 0.05) is 11.1 Å². The SMILES string of the molecule is C=C.C=Cc1nc[nH]c1C(C)(C)C. The highest BCUT2D eigenvalue weighted by Crippen LogP contribution is 2.22. The normalized spacial score (nSPS) is 10.1. The summed E-state index contributed by atoms with van der Waals surface area (Å²) in [6, 6.07) is 0. The smallest absolute Gasteiger partial charge is 0.0929 e. The highest BCUT2D eigenvalue weighted by molar-refractivity contribution is 5.46. The van der Waals surface area contributed by atoms with Crippen molar-refractivity contribution < 1.29 is 0 Å². The maximum absolute atomic E-state index is 4.13. The van der Waals surface area contributed by atoms with Gasteiger partial charge in [-0.05, 0) is 6.08 Å². The van der Waals surface area contributed by atoms with Gasteiger partial charge < -0.3 is 4.98 Å². The van der Waals surface area contributed by atoms with Gasteiger partial charge >= 0.3 is 0 Å². The minimum atomic E-state index is 0.125. The molecular weight excluding hydrogens is 160 g/mol. The molecule has 1 heterocycles. The number of rotatable bonds is 1. The summed E-state index contributed by atoms with van der Waals surface area (Å²) < 4.78 is 0. The summed E-state index contributed by atoms with van der Waals surface area (Å²) in [7, 11) is 0. The predicted molar refractivity (Wildman–Crippen MR) is 58.6 cm³/mol. The van der Waals surface area contributed by atoms with Crippen molar-refractivity contribution in [3.63, 3.8) is 0 Å². The Morgan fingerprint density at radius 2 is 1.92 bits per heavy atom. The fourth-order valence-electron chi connectivity index (χ4n) is 1.06. The molecule has 1 rings (SSSR count). The first-order valence-corrected chi connectivity index (χ1v) is 4.22. The van der Waals surface area contributed by atoms with Crippen LogP contribution in [0.25, 0.3) is 6.08 Å². The van der Waals surface area contributed by atoms with Crippen LogP contribution in [0.1, 0.15) is 32.2 Å². The highest BCUT2D eigenvalue weighted by Gasteiger charge is 2.18. The molecule has 0 aliphatic carbocycles. The summed E-state index contributed by atoms with van der Waals surface area (Å²) in [4.78, 5) is 7.24. The molecule has 0 aromatic carbocycles. The number of aromatic amines is 1. The molecule has 1 aromatic heterocycles. The van der Waals surface area contributed by atoms with Crippen LogP contribution in [0.5, 0.6) is 0 Å². The summed E-state index contributed by atoms with van der Waals surface area (Å²) >= 11 is 0. The van der Waals surface area contributed by atoms with Gasteiger partial charge in [0.1, 0.15) is 0 Å². The number of nitrogens with zero attached hydrogens (tertiary/aromatic N) is 1. The van der Waals surface area contributed by atoms with Crippen molar-refractivity contribution in [3.05, 3.63) is 37.5 Å². The summed E-state index contributed by atoms with van der Waals surface area (Å²) in [6.07, 6.45) is 3.48. The maximum atomic E-state index is 4.13. The molecule has 0 amide bonds. The molecule has 0 radical (unpaired) electrons. The summed E-state index contributed by atoms with van der Waals surface area (Å²) in [6.45, 7) is 16.1. The highest BCUT2D eigenvalue weighted by atomic mass is 14.9. The van der Waals surface area contributed by atoms with Crippen LogP contribution in [0.4, 0.5) is 0 Å². The van der Waals surface area contributed by atoms with Gasteiger partial charge in [-0.2, -0.15) is 0 Å². The summed E-state index contributed by atoms with van der Waals surface area (Å²) in [5.41, 5.74) is 2.23. The van der Waals surface area contributed by atoms with Crippen LogP contribution >= 0.6 is 0 Å². The molecule has 0 saturated heterocycles. The second kappa shape index (κ2) is 4.65. The molecule has 1 aromatic rings. The third kappa shape index (κ3) is 2.90. The van der Waals surface area contributed by atoms with Crippen molar-refractivity contribution in [3.8, 4) is 0 Å². The monoisotopic (exact) mass is 178 g/mol. The minimum Gasteiger partial charge on any atom is -0.348 e. The first-order valence-electron chi connectivity index (χ1n) is 4.22. The predicted octanol–water partition coefficient (Wildman–Crippen LogP) is 3.15. The molecular formula is C11H18N2. The molecule has 2 heteroatoms. The lowest BCUT2D eigenvalue weighted by Gasteiger charge is -2.16. The quantitative estimate of drug-likeness (QED) is 0.657. The second-order valence-corrected chi connectivity index (χ2v) is 3.62. The van der Waals surface area contributed by atoms with E-state index >= 15 is 0 Å². The molecule has 1 N–H and O–H groups in total. The van der Waals surface area contributed by atoms with Crippen LogP contribution in [0.3, 0.4) is 0 Å². The van der Waals surface area contributed by atoms with Gasteiger partial charge in [0.05, 0.1) is 12.0 Å². The lowest BCUT2D eigenvalue weighted by Crippen LogP contribution is -2.13. The topological polar surface area (TPSA) is 28.7 Å². The first kappa shape index (κ1) is 11.7. The van der Waals surface area contributed by atoms with E-state index in [-0.39, 0.29) is 5.41 Å². The van der Waals surface area contributed by atoms with E-state index in [9.17, 15) is 0 Å². The molecule has 13 heavy (non-hydrogen) atoms. The van der Waals surface area contributed by atoms with Crippen LogP contribution < -0.4 is 0 Å². The van der Waals surface area contributed by atoms with Crippen molar-refractivity contribution >= 4 is 6.08 Å². The Balaban J connectivity index is 0.000000671. The average Bonchev–Trinajstić information content (AvgIpc) is 2.54. The Kier molecular flexibility index (Phi) is 4.18. The lowest BCUT2D eigenvalue weighted by molar-refractivity contribution is 0.571. The van der Waals surface area contributed by atoms with E-state index in [1.54, 1.807) is 12.4 Å². The first-order chi connectivity index (χ1) is 6.05. The zero-order valence-corrected chi connectivity index (χ0v) is 8.72. The Morgan fingerprint density at radius 3 is 2.23 bits per heavy atom. The molecule has 0 aliphatic heterocycles. The molecule has 0 saturated carbocycles. The summed E-state index contributed by atoms with van der Waals surface area (Å²) in [5.74, 6) is 0. The molecule has 2 nitrogen and oxygen atoms in total. The molecule has 0 fully saturated rings. The van der Waals surface area contributed by atoms with Gasteiger partial charge in [-0.3, -0.25) is 0 Å². The number of nitrogens with one attached hydrogen (secondary N) is 1. The molecule has 0 unspecified atom stereocenters. The average molecular weight is 178 g/mol. The van der Waals surface area contributed by atoms with Gasteiger partial charge in [0.15, 0.2) is 0 Å². The van der Waals surface area contributed by atoms with E-state index in [0.29, 0.717) is 0 Å². The molecule has 0 aliphatic rings. The Bertz CT molecular complexity index is 266. The zero-order valence-electron chi connectivity index (χ0n) is 8.72. The Labute approximate surface area is 80.4 Å². The van der Waals surface area contributed by atoms with Crippen molar-refractivity contribution in [1.82, 2.24) is 9.97 Å². The van der Waals surface area contributed by atoms with E-state index in [1.165, 1.54) is 0 Å². The Morgan fingerprint density at radius 1 is 1.38 bits per heavy atom. The van der Waals surface area contributed by atoms with Crippen molar-refractivity contribution in [1.29, 1.82) is 0 Å². The van der Waals surface area contributed by atoms with Gasteiger partial charge in [0.2, 0.25) is 0 Å². The van der Waals surface area contributed by atoms with Crippen LogP contribution in [0, 0.1) is 0 Å². The zero-order chi connectivity index (χ0) is 10.5. The molecule has 0 spiro atoms. The summed E-state index contributed by atoms with van der Waals surface area (Å²) in [5, 5.41) is 0. The number of H-pyrrole nitrogens is 1. The largest absolute Gasteiger partial charge is 0.348 e. The minimum absolute atomic E-state index is 0.125. The number of imidazole rings is 1. The van der Waals surface area contributed by atoms with E-state index in [0.717, 1.165) is 11.4 Å². The third-order valence-electron chi connectivity index (χ3n) is 1.61. The maximum Gasteiger partial charge on any atom is 0.0929 e. The van der Waals surface area contributed by atoms with Crippen molar-refractivity contribution in [2.75, 3.05) is 0 Å². The van der Waals surface area contributed by atoms with E-state index in [1.807, 2.05) is 0 Å². The van der Waals surface area contributed by atoms with E-state index in [4.69, 9.17) is 0 Å². The number of aromatic nitrogens is 2. The van der Waals surface area contributed by atoms with E-state index < -0.39 is 0 Å². The third-order valence-corrected chi connectivity index (χ3v) is 1.61. The van der Waals surface area contributed by atoms with Crippen LogP contribution in [0.2, 0.25) is 0 Å². The van der Waals surface area contributed by atoms with Gasteiger partial charge in [-0.15, -0.1) is 13.2 Å². The van der Waals surface area contributed by atoms with Crippen molar-refractivity contribution in [2.24, 2.45) is 0 Å². The fourth-order valence-corrected chi connectivity index (χ4v) is 1.06. The second-order valence-electron chi connectivity index (χ2n) is 3.62. The lowest BCUT2D eigenvalue weighted by atomic mass is 9.91.